The van der Waals surface area contributed by atoms with Gasteiger partial charge in [0.1, 0.15) is 0 Å². The van der Waals surface area contributed by atoms with Crippen molar-refractivity contribution in [3.8, 4) is 50.2 Å². The number of aromatic nitrogens is 1. The second-order valence-electron chi connectivity index (χ2n) is 18.1. The van der Waals surface area contributed by atoms with Crippen LogP contribution in [0.4, 0.5) is 17.1 Å². The molecule has 1 aliphatic carbocycles. The highest BCUT2D eigenvalue weighted by atomic mass is 32.1. The van der Waals surface area contributed by atoms with E-state index in [4.69, 9.17) is 0 Å². The van der Waals surface area contributed by atoms with E-state index in [-0.39, 0.29) is 5.41 Å². The minimum absolute atomic E-state index is 0.0437. The van der Waals surface area contributed by atoms with Crippen LogP contribution in [0.5, 0.6) is 0 Å². The molecule has 0 saturated heterocycles. The summed E-state index contributed by atoms with van der Waals surface area (Å²) in [6, 6.07) is 85.0. The Morgan fingerprint density at radius 3 is 1.53 bits per heavy atom. The van der Waals surface area contributed by atoms with Gasteiger partial charge in [-0.2, -0.15) is 0 Å². The molecule has 2 heterocycles. The fraction of sp³-hybridized carbons (Fsp3) is 0.0476. The number of benzene rings is 10. The number of fused-ring (bicyclic) bond motifs is 9. The molecule has 2 aromatic heterocycles. The fourth-order valence-corrected chi connectivity index (χ4v) is 11.9. The molecule has 0 bridgehead atoms. The van der Waals surface area contributed by atoms with Gasteiger partial charge < -0.3 is 9.47 Å². The third-order valence-electron chi connectivity index (χ3n) is 14.0. The van der Waals surface area contributed by atoms with Crippen LogP contribution in [-0.4, -0.2) is 4.57 Å². The lowest BCUT2D eigenvalue weighted by Crippen LogP contribution is -2.14. The van der Waals surface area contributed by atoms with Gasteiger partial charge in [-0.15, -0.1) is 11.3 Å². The van der Waals surface area contributed by atoms with Crippen molar-refractivity contribution in [1.29, 1.82) is 0 Å². The Bertz CT molecular complexity index is 3780. The minimum Gasteiger partial charge on any atom is -0.310 e. The number of hydrogen-bond acceptors (Lipinski definition) is 2. The summed E-state index contributed by atoms with van der Waals surface area (Å²) in [6.45, 7) is 4.70. The maximum absolute atomic E-state index is 2.41. The zero-order valence-corrected chi connectivity index (χ0v) is 37.6. The highest BCUT2D eigenvalue weighted by Gasteiger charge is 2.35. The van der Waals surface area contributed by atoms with E-state index in [2.05, 4.69) is 254 Å². The summed E-state index contributed by atoms with van der Waals surface area (Å²) in [5.41, 5.74) is 19.6. The first kappa shape index (κ1) is 38.5. The monoisotopic (exact) mass is 860 g/mol. The van der Waals surface area contributed by atoms with E-state index in [1.165, 1.54) is 103 Å². The van der Waals surface area contributed by atoms with Gasteiger partial charge in [0.25, 0.3) is 0 Å². The minimum atomic E-state index is -0.0437. The fourth-order valence-electron chi connectivity index (χ4n) is 10.7. The molecule has 0 unspecified atom stereocenters. The van der Waals surface area contributed by atoms with Gasteiger partial charge in [0.15, 0.2) is 0 Å². The van der Waals surface area contributed by atoms with E-state index in [0.29, 0.717) is 0 Å². The summed E-state index contributed by atoms with van der Waals surface area (Å²) in [5.74, 6) is 0. The van der Waals surface area contributed by atoms with Gasteiger partial charge in [0, 0.05) is 59.0 Å². The van der Waals surface area contributed by atoms with Crippen molar-refractivity contribution in [3.05, 3.63) is 242 Å². The van der Waals surface area contributed by atoms with Gasteiger partial charge in [-0.3, -0.25) is 0 Å². The zero-order valence-electron chi connectivity index (χ0n) is 36.7. The van der Waals surface area contributed by atoms with Crippen LogP contribution < -0.4 is 4.90 Å². The highest BCUT2D eigenvalue weighted by molar-refractivity contribution is 7.25. The number of rotatable bonds is 7. The van der Waals surface area contributed by atoms with Crippen molar-refractivity contribution < 1.29 is 0 Å². The third-order valence-corrected chi connectivity index (χ3v) is 15.2. The molecule has 0 N–H and O–H groups in total. The predicted octanol–water partition coefficient (Wildman–Crippen LogP) is 17.9. The van der Waals surface area contributed by atoms with Gasteiger partial charge in [-0.05, 0) is 117 Å². The first-order valence-electron chi connectivity index (χ1n) is 22.8. The molecule has 312 valence electrons. The summed E-state index contributed by atoms with van der Waals surface area (Å²) >= 11 is 1.86. The van der Waals surface area contributed by atoms with E-state index < -0.39 is 0 Å². The molecule has 13 rings (SSSR count). The lowest BCUT2D eigenvalue weighted by atomic mass is 9.81. The Morgan fingerprint density at radius 2 is 0.833 bits per heavy atom. The molecule has 0 fully saturated rings. The number of para-hydroxylation sites is 3. The molecule has 2 nitrogen and oxygen atoms in total. The molecule has 0 saturated carbocycles. The van der Waals surface area contributed by atoms with Gasteiger partial charge in [0.2, 0.25) is 0 Å². The van der Waals surface area contributed by atoms with E-state index in [0.717, 1.165) is 17.1 Å². The van der Waals surface area contributed by atoms with Gasteiger partial charge in [-0.25, -0.2) is 0 Å². The average Bonchev–Trinajstić information content (AvgIpc) is 3.99. The maximum Gasteiger partial charge on any atom is 0.0541 e. The molecule has 12 aromatic rings. The molecule has 1 aliphatic rings. The topological polar surface area (TPSA) is 8.17 Å². The number of nitrogens with zero attached hydrogens (tertiary/aromatic N) is 2. The molecule has 66 heavy (non-hydrogen) atoms. The molecule has 3 heteroatoms. The van der Waals surface area contributed by atoms with Gasteiger partial charge in [-0.1, -0.05) is 178 Å². The number of anilines is 3. The number of hydrogen-bond donors (Lipinski definition) is 0. The van der Waals surface area contributed by atoms with Crippen molar-refractivity contribution >= 4 is 70.4 Å². The van der Waals surface area contributed by atoms with Gasteiger partial charge in [0.05, 0.1) is 16.7 Å². The van der Waals surface area contributed by atoms with E-state index >= 15 is 0 Å². The molecular formula is C63H44N2S. The molecule has 0 amide bonds. The van der Waals surface area contributed by atoms with E-state index in [9.17, 15) is 0 Å². The Kier molecular flexibility index (Phi) is 8.78. The maximum atomic E-state index is 2.41. The lowest BCUT2D eigenvalue weighted by Gasteiger charge is -2.26. The van der Waals surface area contributed by atoms with Crippen LogP contribution >= 0.6 is 11.3 Å². The van der Waals surface area contributed by atoms with Crippen molar-refractivity contribution in [2.75, 3.05) is 4.90 Å². The van der Waals surface area contributed by atoms with Crippen molar-refractivity contribution in [3.63, 3.8) is 0 Å². The van der Waals surface area contributed by atoms with Crippen LogP contribution in [-0.2, 0) is 5.41 Å². The predicted molar refractivity (Wildman–Crippen MR) is 282 cm³/mol. The first-order valence-corrected chi connectivity index (χ1v) is 23.6. The summed E-state index contributed by atoms with van der Waals surface area (Å²) in [4.78, 5) is 2.40. The third kappa shape index (κ3) is 6.08. The van der Waals surface area contributed by atoms with Crippen molar-refractivity contribution in [1.82, 2.24) is 4.57 Å². The van der Waals surface area contributed by atoms with Crippen molar-refractivity contribution in [2.45, 2.75) is 19.3 Å². The van der Waals surface area contributed by atoms with Crippen LogP contribution in [0.2, 0.25) is 0 Å². The molecule has 0 spiro atoms. The van der Waals surface area contributed by atoms with Crippen LogP contribution in [0.3, 0.4) is 0 Å². The van der Waals surface area contributed by atoms with Crippen LogP contribution in [0.25, 0.3) is 92.2 Å². The molecule has 0 atom stereocenters. The zero-order chi connectivity index (χ0) is 43.9. The number of thiophene rings is 1. The SMILES string of the molecule is CC1(C)c2ccccc2-c2ccc(-c3ccc(N(c4ccc(-c5ccc(-c6ccccc6-n6c7ccccc7c7ccccc76)cc5)cc4)c4ccc5c(c4)sc4ccccc45)cc3)cc21. The standard InChI is InChI=1S/C63H44N2S/c1-63(2)56-18-8-3-14-50(56)51-37-31-45(39-57(51)63)43-29-34-47(35-30-43)64(48-36-38-55-54-17-7-12-22-61(54)66-62(55)40-48)46-32-27-42(28-33-46)41-23-25-44(26-24-41)49-13-4-9-19-58(49)65-59-20-10-5-15-52(59)53-16-6-11-21-60(53)65/h3-40H,1-2H3. The first-order chi connectivity index (χ1) is 32.5. The van der Waals surface area contributed by atoms with E-state index in [1.54, 1.807) is 0 Å². The van der Waals surface area contributed by atoms with Crippen molar-refractivity contribution in [2.24, 2.45) is 0 Å². The summed E-state index contributed by atoms with van der Waals surface area (Å²) < 4.78 is 5.01. The Balaban J connectivity index is 0.848. The second kappa shape index (κ2) is 15.1. The Labute approximate surface area is 388 Å². The molecule has 0 aliphatic heterocycles. The Hall–Kier alpha value is -7.98. The lowest BCUT2D eigenvalue weighted by molar-refractivity contribution is 0.660. The molecule has 10 aromatic carbocycles. The largest absolute Gasteiger partial charge is 0.310 e. The van der Waals surface area contributed by atoms with Crippen LogP contribution in [0.15, 0.2) is 231 Å². The quantitative estimate of drug-likeness (QED) is 0.155. The molecular weight excluding hydrogens is 817 g/mol. The summed E-state index contributed by atoms with van der Waals surface area (Å²) in [5, 5.41) is 5.14. The average molecular weight is 861 g/mol. The van der Waals surface area contributed by atoms with Crippen LogP contribution in [0.1, 0.15) is 25.0 Å². The summed E-state index contributed by atoms with van der Waals surface area (Å²) in [6.07, 6.45) is 0. The molecule has 0 radical (unpaired) electrons. The Morgan fingerprint density at radius 1 is 0.348 bits per heavy atom. The van der Waals surface area contributed by atoms with Gasteiger partial charge >= 0.3 is 0 Å². The second-order valence-corrected chi connectivity index (χ2v) is 19.2. The normalized spacial score (nSPS) is 12.8. The summed E-state index contributed by atoms with van der Waals surface area (Å²) in [7, 11) is 0. The highest BCUT2D eigenvalue weighted by Crippen LogP contribution is 2.50. The van der Waals surface area contributed by atoms with Crippen LogP contribution in [0, 0.1) is 0 Å². The van der Waals surface area contributed by atoms with E-state index in [1.807, 2.05) is 11.3 Å². The smallest absolute Gasteiger partial charge is 0.0541 e.